The molecule has 1 aromatic rings. The van der Waals surface area contributed by atoms with Gasteiger partial charge >= 0.3 is 0 Å². The van der Waals surface area contributed by atoms with E-state index in [2.05, 4.69) is 0 Å². The minimum atomic E-state index is 0.312. The van der Waals surface area contributed by atoms with E-state index in [1.54, 1.807) is 14.0 Å². The van der Waals surface area contributed by atoms with Crippen LogP contribution < -0.4 is 21.9 Å². The Bertz CT molecular complexity index is 333. The average Bonchev–Trinajstić information content (AvgIpc) is 2.19. The van der Waals surface area contributed by atoms with E-state index in [4.69, 9.17) is 36.1 Å². The van der Waals surface area contributed by atoms with E-state index >= 15 is 0 Å². The van der Waals surface area contributed by atoms with E-state index in [0.29, 0.717) is 34.0 Å². The van der Waals surface area contributed by atoms with Gasteiger partial charge in [-0.1, -0.05) is 16.5 Å². The molecule has 0 saturated carbocycles. The topological polar surface area (TPSA) is 9.23 Å². The van der Waals surface area contributed by atoms with Crippen LogP contribution in [0.5, 0.6) is 0 Å². The molecule has 0 amide bonds. The highest BCUT2D eigenvalue weighted by Gasteiger charge is 2.09. The lowest BCUT2D eigenvalue weighted by Gasteiger charge is -2.19. The quantitative estimate of drug-likeness (QED) is 0.445. The van der Waals surface area contributed by atoms with Crippen molar-refractivity contribution in [1.29, 1.82) is 0 Å². The van der Waals surface area contributed by atoms with Crippen molar-refractivity contribution in [2.24, 2.45) is 0 Å². The summed E-state index contributed by atoms with van der Waals surface area (Å²) < 4.78 is 4.97. The van der Waals surface area contributed by atoms with Crippen molar-refractivity contribution in [3.8, 4) is 0 Å². The second-order valence-corrected chi connectivity index (χ2v) is 3.19. The Labute approximate surface area is 90.2 Å². The summed E-state index contributed by atoms with van der Waals surface area (Å²) in [7, 11) is 24.7. The summed E-state index contributed by atoms with van der Waals surface area (Å²) in [5.74, 6) is 0. The lowest BCUT2D eigenvalue weighted by Crippen LogP contribution is -2.46. The van der Waals surface area contributed by atoms with E-state index in [1.165, 1.54) is 0 Å². The second kappa shape index (κ2) is 4.31. The van der Waals surface area contributed by atoms with Gasteiger partial charge < -0.3 is 4.74 Å². The maximum atomic E-state index is 5.80. The van der Waals surface area contributed by atoms with Crippen LogP contribution in [-0.2, 0) is 11.3 Å². The SMILES string of the molecule is [B]c1c([B])c(COC)c([B])c([B])c1C. The van der Waals surface area contributed by atoms with E-state index in [1.807, 2.05) is 0 Å². The van der Waals surface area contributed by atoms with Crippen LogP contribution in [0, 0.1) is 6.92 Å². The Morgan fingerprint density at radius 1 is 0.929 bits per heavy atom. The van der Waals surface area contributed by atoms with E-state index in [0.717, 1.165) is 5.56 Å². The zero-order chi connectivity index (χ0) is 10.9. The highest BCUT2D eigenvalue weighted by molar-refractivity contribution is 6.57. The first-order valence-corrected chi connectivity index (χ1v) is 4.21. The molecule has 0 aliphatic rings. The molecule has 0 atom stereocenters. The number of hydrogen-bond donors (Lipinski definition) is 0. The summed E-state index contributed by atoms with van der Waals surface area (Å²) in [5.41, 5.74) is 3.24. The maximum Gasteiger partial charge on any atom is 0.113 e. The molecule has 1 nitrogen and oxygen atoms in total. The molecular formula is C9H8B4O. The summed E-state index contributed by atoms with van der Waals surface area (Å²) in [4.78, 5) is 0. The molecule has 0 spiro atoms. The molecule has 14 heavy (non-hydrogen) atoms. The maximum absolute atomic E-state index is 5.80. The fourth-order valence-corrected chi connectivity index (χ4v) is 1.32. The molecule has 0 aliphatic heterocycles. The van der Waals surface area contributed by atoms with Crippen molar-refractivity contribution in [3.63, 3.8) is 0 Å². The third-order valence-electron chi connectivity index (χ3n) is 2.33. The van der Waals surface area contributed by atoms with Gasteiger partial charge in [0.25, 0.3) is 0 Å². The number of rotatable bonds is 2. The average molecular weight is 175 g/mol. The van der Waals surface area contributed by atoms with Crippen molar-refractivity contribution < 1.29 is 4.74 Å². The molecule has 0 saturated heterocycles. The molecule has 0 N–H and O–H groups in total. The van der Waals surface area contributed by atoms with Crippen molar-refractivity contribution >= 4 is 53.2 Å². The summed E-state index contributed by atoms with van der Waals surface area (Å²) in [6.45, 7) is 2.10. The monoisotopic (exact) mass is 176 g/mol. The fraction of sp³-hybridized carbons (Fsp3) is 0.333. The molecule has 8 radical (unpaired) electrons. The third kappa shape index (κ3) is 1.78. The van der Waals surface area contributed by atoms with Gasteiger partial charge in [0.2, 0.25) is 0 Å². The third-order valence-corrected chi connectivity index (χ3v) is 2.33. The molecule has 0 aliphatic carbocycles. The lowest BCUT2D eigenvalue weighted by molar-refractivity contribution is 0.186. The predicted molar refractivity (Wildman–Crippen MR) is 63.4 cm³/mol. The van der Waals surface area contributed by atoms with Crippen LogP contribution in [-0.4, -0.2) is 38.5 Å². The van der Waals surface area contributed by atoms with E-state index in [9.17, 15) is 0 Å². The van der Waals surface area contributed by atoms with E-state index in [-0.39, 0.29) is 0 Å². The van der Waals surface area contributed by atoms with Gasteiger partial charge in [0.05, 0.1) is 6.61 Å². The van der Waals surface area contributed by atoms with Gasteiger partial charge in [0, 0.05) is 7.11 Å². The van der Waals surface area contributed by atoms with Crippen molar-refractivity contribution in [2.45, 2.75) is 13.5 Å². The van der Waals surface area contributed by atoms with Crippen LogP contribution in [0.25, 0.3) is 0 Å². The molecule has 5 heteroatoms. The zero-order valence-electron chi connectivity index (χ0n) is 8.42. The standard InChI is InChI=1S/C9H8B4O/c1-4-6(10)8(12)5(3-14-2)9(13)7(4)11/h3H2,1-2H3. The zero-order valence-corrected chi connectivity index (χ0v) is 8.42. The van der Waals surface area contributed by atoms with Gasteiger partial charge in [-0.15, -0.1) is 10.9 Å². The molecule has 0 heterocycles. The molecule has 1 rings (SSSR count). The van der Waals surface area contributed by atoms with Crippen molar-refractivity contribution in [1.82, 2.24) is 0 Å². The number of hydrogen-bond acceptors (Lipinski definition) is 1. The largest absolute Gasteiger partial charge is 0.380 e. The Morgan fingerprint density at radius 3 is 1.71 bits per heavy atom. The Hall–Kier alpha value is -0.560. The summed E-state index contributed by atoms with van der Waals surface area (Å²) >= 11 is 0. The minimum Gasteiger partial charge on any atom is -0.380 e. The fourth-order valence-electron chi connectivity index (χ4n) is 1.32. The minimum absolute atomic E-state index is 0.312. The van der Waals surface area contributed by atoms with E-state index < -0.39 is 0 Å². The molecule has 0 fully saturated rings. The Balaban J connectivity index is 3.43. The van der Waals surface area contributed by atoms with Gasteiger partial charge in [-0.05, 0) is 12.5 Å². The predicted octanol–water partition coefficient (Wildman–Crippen LogP) is -2.68. The van der Waals surface area contributed by atoms with Crippen LogP contribution in [0.3, 0.4) is 0 Å². The van der Waals surface area contributed by atoms with Crippen LogP contribution in [0.15, 0.2) is 0 Å². The number of ether oxygens (including phenoxy) is 1. The van der Waals surface area contributed by atoms with Gasteiger partial charge in [0.1, 0.15) is 31.4 Å². The lowest BCUT2D eigenvalue weighted by atomic mass is 9.65. The van der Waals surface area contributed by atoms with Crippen LogP contribution in [0.2, 0.25) is 0 Å². The highest BCUT2D eigenvalue weighted by Crippen LogP contribution is 1.92. The van der Waals surface area contributed by atoms with Gasteiger partial charge in [-0.3, -0.25) is 0 Å². The van der Waals surface area contributed by atoms with Crippen LogP contribution in [0.4, 0.5) is 0 Å². The van der Waals surface area contributed by atoms with Gasteiger partial charge in [-0.2, -0.15) is 0 Å². The van der Waals surface area contributed by atoms with Gasteiger partial charge in [-0.25, -0.2) is 0 Å². The first kappa shape index (κ1) is 11.5. The second-order valence-electron chi connectivity index (χ2n) is 3.19. The molecule has 1 aromatic carbocycles. The number of benzene rings is 1. The molecular weight excluding hydrogens is 167 g/mol. The summed E-state index contributed by atoms with van der Waals surface area (Å²) in [5, 5.41) is 0. The molecule has 0 unspecified atom stereocenters. The highest BCUT2D eigenvalue weighted by atomic mass is 16.5. The van der Waals surface area contributed by atoms with Gasteiger partial charge in [0.15, 0.2) is 0 Å². The molecule has 0 aromatic heterocycles. The normalized spacial score (nSPS) is 10.4. The first-order valence-electron chi connectivity index (χ1n) is 4.21. The number of methoxy groups -OCH3 is 1. The summed E-state index contributed by atoms with van der Waals surface area (Å²) in [6, 6.07) is 0. The molecule has 62 valence electrons. The van der Waals surface area contributed by atoms with Crippen molar-refractivity contribution in [3.05, 3.63) is 11.1 Å². The Morgan fingerprint density at radius 2 is 1.36 bits per heavy atom. The van der Waals surface area contributed by atoms with Crippen molar-refractivity contribution in [2.75, 3.05) is 7.11 Å². The van der Waals surface area contributed by atoms with Crippen LogP contribution >= 0.6 is 0 Å². The first-order chi connectivity index (χ1) is 6.50. The Kier molecular flexibility index (Phi) is 3.54. The smallest absolute Gasteiger partial charge is 0.113 e. The summed E-state index contributed by atoms with van der Waals surface area (Å²) in [6.07, 6.45) is 0. The van der Waals surface area contributed by atoms with Crippen LogP contribution in [0.1, 0.15) is 11.1 Å². The molecule has 0 bridgehead atoms.